The van der Waals surface area contributed by atoms with Crippen molar-refractivity contribution >= 4 is 17.2 Å². The summed E-state index contributed by atoms with van der Waals surface area (Å²) >= 11 is 0. The number of para-hydroxylation sites is 1. The summed E-state index contributed by atoms with van der Waals surface area (Å²) in [4.78, 5) is 19.0. The standard InChI is InChI=1S/C25H34N2O/c1-22(2,3)16-13-25-14-24(7,8)27-20(25)15-11-9-10-12-17(15)26-21(25)18(19(16)28)23(4,5)6/h9-13,18,21,26H,14H2,1-8H3/t18-,21+,25-/m1/s1. The topological polar surface area (TPSA) is 41.5 Å². The van der Waals surface area contributed by atoms with Crippen LogP contribution in [-0.4, -0.2) is 23.1 Å². The number of allylic oxidation sites excluding steroid dienone is 1. The number of ketones is 1. The van der Waals surface area contributed by atoms with Crippen molar-refractivity contribution in [1.29, 1.82) is 0 Å². The first-order valence-electron chi connectivity index (χ1n) is 10.5. The number of carbonyl (C=O) groups is 1. The number of hydrogen-bond acceptors (Lipinski definition) is 3. The third-order valence-corrected chi connectivity index (χ3v) is 6.65. The highest BCUT2D eigenvalue weighted by Gasteiger charge is 2.61. The van der Waals surface area contributed by atoms with Crippen LogP contribution >= 0.6 is 0 Å². The molecule has 0 radical (unpaired) electrons. The van der Waals surface area contributed by atoms with Gasteiger partial charge in [0.15, 0.2) is 5.78 Å². The van der Waals surface area contributed by atoms with Gasteiger partial charge in [-0.2, -0.15) is 0 Å². The summed E-state index contributed by atoms with van der Waals surface area (Å²) < 4.78 is 0. The molecule has 28 heavy (non-hydrogen) atoms. The lowest BCUT2D eigenvalue weighted by Gasteiger charge is -2.53. The maximum Gasteiger partial charge on any atom is 0.164 e. The van der Waals surface area contributed by atoms with Crippen molar-refractivity contribution in [3.05, 3.63) is 41.5 Å². The zero-order valence-corrected chi connectivity index (χ0v) is 18.6. The van der Waals surface area contributed by atoms with Crippen molar-refractivity contribution < 1.29 is 4.79 Å². The molecular formula is C25H34N2O. The molecule has 3 aliphatic rings. The Labute approximate surface area is 169 Å². The van der Waals surface area contributed by atoms with Crippen LogP contribution in [-0.2, 0) is 4.79 Å². The third-order valence-electron chi connectivity index (χ3n) is 6.65. The molecule has 0 saturated carbocycles. The molecule has 1 aliphatic carbocycles. The molecule has 0 unspecified atom stereocenters. The number of nitrogens with zero attached hydrogens (tertiary/aromatic N) is 1. The van der Waals surface area contributed by atoms with Gasteiger partial charge in [-0.25, -0.2) is 0 Å². The van der Waals surface area contributed by atoms with Crippen LogP contribution in [0.15, 0.2) is 40.9 Å². The third kappa shape index (κ3) is 2.69. The second kappa shape index (κ2) is 5.58. The van der Waals surface area contributed by atoms with Gasteiger partial charge in [-0.1, -0.05) is 65.8 Å². The van der Waals surface area contributed by atoms with E-state index in [-0.39, 0.29) is 33.7 Å². The molecule has 2 aliphatic heterocycles. The smallest absolute Gasteiger partial charge is 0.164 e. The molecule has 1 aromatic carbocycles. The molecule has 150 valence electrons. The fraction of sp³-hybridized carbons (Fsp3) is 0.600. The van der Waals surface area contributed by atoms with Crippen molar-refractivity contribution in [2.45, 2.75) is 73.4 Å². The quantitative estimate of drug-likeness (QED) is 0.633. The van der Waals surface area contributed by atoms with Crippen LogP contribution in [0.3, 0.4) is 0 Å². The zero-order chi connectivity index (χ0) is 20.7. The molecule has 2 heterocycles. The fourth-order valence-electron chi connectivity index (χ4n) is 5.64. The summed E-state index contributed by atoms with van der Waals surface area (Å²) in [6.45, 7) is 17.5. The van der Waals surface area contributed by atoms with E-state index in [1.165, 1.54) is 11.3 Å². The summed E-state index contributed by atoms with van der Waals surface area (Å²) in [6, 6.07) is 8.48. The van der Waals surface area contributed by atoms with Crippen molar-refractivity contribution in [2.24, 2.45) is 27.2 Å². The molecule has 0 aromatic heterocycles. The number of rotatable bonds is 0. The number of Topliss-reactive ketones (excluding diaryl/α,β-unsaturated/α-hetero) is 1. The lowest BCUT2D eigenvalue weighted by atomic mass is 9.53. The van der Waals surface area contributed by atoms with Gasteiger partial charge in [0.1, 0.15) is 0 Å². The number of hydrogen-bond donors (Lipinski definition) is 1. The van der Waals surface area contributed by atoms with Gasteiger partial charge in [-0.15, -0.1) is 0 Å². The Bertz CT molecular complexity index is 907. The summed E-state index contributed by atoms with van der Waals surface area (Å²) in [5, 5.41) is 3.81. The highest BCUT2D eigenvalue weighted by molar-refractivity contribution is 6.16. The Hall–Kier alpha value is -1.90. The van der Waals surface area contributed by atoms with Gasteiger partial charge >= 0.3 is 0 Å². The Morgan fingerprint density at radius 1 is 1.07 bits per heavy atom. The molecule has 4 rings (SSSR count). The number of benzene rings is 1. The van der Waals surface area contributed by atoms with E-state index in [1.54, 1.807) is 0 Å². The minimum absolute atomic E-state index is 0.0292. The van der Waals surface area contributed by atoms with Crippen LogP contribution in [0.1, 0.15) is 67.4 Å². The van der Waals surface area contributed by atoms with Crippen LogP contribution in [0.4, 0.5) is 5.69 Å². The lowest BCUT2D eigenvalue weighted by Crippen LogP contribution is -2.60. The van der Waals surface area contributed by atoms with E-state index in [0.717, 1.165) is 17.7 Å². The summed E-state index contributed by atoms with van der Waals surface area (Å²) in [5.74, 6) is 0.200. The molecule has 3 atom stereocenters. The number of nitrogens with one attached hydrogen (secondary N) is 1. The zero-order valence-electron chi connectivity index (χ0n) is 18.6. The molecule has 1 aromatic rings. The van der Waals surface area contributed by atoms with Crippen LogP contribution < -0.4 is 5.32 Å². The highest BCUT2D eigenvalue weighted by Crippen LogP contribution is 2.58. The Morgan fingerprint density at radius 2 is 1.71 bits per heavy atom. The van der Waals surface area contributed by atoms with Crippen LogP contribution in [0.2, 0.25) is 0 Å². The summed E-state index contributed by atoms with van der Waals surface area (Å²) in [7, 11) is 0. The van der Waals surface area contributed by atoms with Gasteiger partial charge in [0.25, 0.3) is 0 Å². The Kier molecular flexibility index (Phi) is 3.87. The predicted octanol–water partition coefficient (Wildman–Crippen LogP) is 5.66. The SMILES string of the molecule is CC1(C)C[C@@]23C=C(C(C)(C)C)C(=O)[C@@H](C(C)(C)C)[C@@H]2Nc2ccccc2C3=N1. The van der Waals surface area contributed by atoms with E-state index < -0.39 is 0 Å². The fourth-order valence-corrected chi connectivity index (χ4v) is 5.64. The maximum absolute atomic E-state index is 13.8. The summed E-state index contributed by atoms with van der Waals surface area (Å²) in [5.41, 5.74) is 3.72. The van der Waals surface area contributed by atoms with Crippen LogP contribution in [0.5, 0.6) is 0 Å². The normalized spacial score (nSPS) is 31.2. The van der Waals surface area contributed by atoms with Gasteiger partial charge in [0, 0.05) is 17.2 Å². The minimum Gasteiger partial charge on any atom is -0.380 e. The van der Waals surface area contributed by atoms with E-state index in [2.05, 4.69) is 91.0 Å². The molecule has 0 fully saturated rings. The Balaban J connectivity index is 2.05. The Morgan fingerprint density at radius 3 is 2.32 bits per heavy atom. The second-order valence-electron chi connectivity index (χ2n) is 11.7. The first-order valence-corrected chi connectivity index (χ1v) is 10.5. The summed E-state index contributed by atoms with van der Waals surface area (Å²) in [6.07, 6.45) is 3.24. The van der Waals surface area contributed by atoms with Crippen LogP contribution in [0, 0.1) is 22.2 Å². The molecule has 1 spiro atoms. The molecule has 0 saturated heterocycles. The van der Waals surface area contributed by atoms with E-state index in [4.69, 9.17) is 4.99 Å². The first kappa shape index (κ1) is 19.4. The van der Waals surface area contributed by atoms with Gasteiger partial charge in [-0.3, -0.25) is 9.79 Å². The van der Waals surface area contributed by atoms with Gasteiger partial charge in [0.05, 0.1) is 22.7 Å². The van der Waals surface area contributed by atoms with E-state index >= 15 is 0 Å². The van der Waals surface area contributed by atoms with Gasteiger partial charge in [0.2, 0.25) is 0 Å². The monoisotopic (exact) mass is 378 g/mol. The average molecular weight is 379 g/mol. The molecule has 3 heteroatoms. The molecular weight excluding hydrogens is 344 g/mol. The van der Waals surface area contributed by atoms with E-state index in [1.807, 2.05) is 0 Å². The largest absolute Gasteiger partial charge is 0.380 e. The number of aliphatic imine (C=N–C) groups is 1. The molecule has 1 N–H and O–H groups in total. The number of anilines is 1. The van der Waals surface area contributed by atoms with Gasteiger partial charge in [-0.05, 0) is 42.7 Å². The van der Waals surface area contributed by atoms with Gasteiger partial charge < -0.3 is 5.32 Å². The second-order valence-corrected chi connectivity index (χ2v) is 11.7. The molecule has 3 nitrogen and oxygen atoms in total. The lowest BCUT2D eigenvalue weighted by molar-refractivity contribution is -0.125. The average Bonchev–Trinajstić information content (AvgIpc) is 2.81. The number of carbonyl (C=O) groups excluding carboxylic acids is 1. The molecule has 0 bridgehead atoms. The minimum atomic E-state index is -0.244. The highest BCUT2D eigenvalue weighted by atomic mass is 16.1. The van der Waals surface area contributed by atoms with Crippen molar-refractivity contribution in [3.63, 3.8) is 0 Å². The predicted molar refractivity (Wildman–Crippen MR) is 117 cm³/mol. The number of fused-ring (bicyclic) bond motifs is 2. The first-order chi connectivity index (χ1) is 12.8. The molecule has 0 amide bonds. The van der Waals surface area contributed by atoms with Crippen molar-refractivity contribution in [3.8, 4) is 0 Å². The van der Waals surface area contributed by atoms with Crippen molar-refractivity contribution in [1.82, 2.24) is 0 Å². The van der Waals surface area contributed by atoms with Crippen LogP contribution in [0.25, 0.3) is 0 Å². The van der Waals surface area contributed by atoms with Crippen molar-refractivity contribution in [2.75, 3.05) is 5.32 Å². The maximum atomic E-state index is 13.8. The van der Waals surface area contributed by atoms with E-state index in [9.17, 15) is 4.79 Å². The van der Waals surface area contributed by atoms with E-state index in [0.29, 0.717) is 5.78 Å².